The molecule has 0 unspecified atom stereocenters. The Labute approximate surface area is 86.9 Å². The molecule has 1 heterocycles. The van der Waals surface area contributed by atoms with E-state index in [-0.39, 0.29) is 5.41 Å². The van der Waals surface area contributed by atoms with Gasteiger partial charge >= 0.3 is 0 Å². The van der Waals surface area contributed by atoms with E-state index in [0.717, 1.165) is 38.9 Å². The maximum absolute atomic E-state index is 8.84. The maximum atomic E-state index is 8.84. The molecule has 3 nitrogen and oxygen atoms in total. The highest BCUT2D eigenvalue weighted by molar-refractivity contribution is 4.91. The fraction of sp³-hybridized carbons (Fsp3) is 0.909. The molecule has 1 aliphatic rings. The summed E-state index contributed by atoms with van der Waals surface area (Å²) in [5, 5.41) is 8.84. The van der Waals surface area contributed by atoms with Crippen molar-refractivity contribution < 1.29 is 0 Å². The highest BCUT2D eigenvalue weighted by Crippen LogP contribution is 2.21. The molecule has 1 fully saturated rings. The lowest BCUT2D eigenvalue weighted by atomic mass is 9.90. The van der Waals surface area contributed by atoms with Crippen LogP contribution in [0, 0.1) is 16.7 Å². The summed E-state index contributed by atoms with van der Waals surface area (Å²) in [6.45, 7) is 7.27. The molecule has 2 N–H and O–H groups in total. The van der Waals surface area contributed by atoms with Crippen molar-refractivity contribution in [3.8, 4) is 6.07 Å². The normalized spacial score (nSPS) is 23.7. The Balaban J connectivity index is 2.13. The van der Waals surface area contributed by atoms with E-state index in [0.29, 0.717) is 6.04 Å². The van der Waals surface area contributed by atoms with E-state index >= 15 is 0 Å². The lowest BCUT2D eigenvalue weighted by Gasteiger charge is -2.18. The first-order valence-electron chi connectivity index (χ1n) is 5.43. The summed E-state index contributed by atoms with van der Waals surface area (Å²) in [6, 6.07) is 2.71. The van der Waals surface area contributed by atoms with Crippen LogP contribution in [0.1, 0.15) is 33.1 Å². The van der Waals surface area contributed by atoms with Crippen molar-refractivity contribution in [2.75, 3.05) is 19.6 Å². The van der Waals surface area contributed by atoms with Gasteiger partial charge in [0.2, 0.25) is 0 Å². The van der Waals surface area contributed by atoms with Gasteiger partial charge in [-0.1, -0.05) is 0 Å². The predicted molar refractivity (Wildman–Crippen MR) is 57.7 cm³/mol. The maximum Gasteiger partial charge on any atom is 0.0683 e. The largest absolute Gasteiger partial charge is 0.326 e. The topological polar surface area (TPSA) is 53.0 Å². The van der Waals surface area contributed by atoms with Crippen molar-refractivity contribution in [3.05, 3.63) is 0 Å². The van der Waals surface area contributed by atoms with Crippen LogP contribution in [0.4, 0.5) is 0 Å². The predicted octanol–water partition coefficient (Wildman–Crippen LogP) is 1.35. The summed E-state index contributed by atoms with van der Waals surface area (Å²) >= 11 is 0. The molecule has 0 aromatic rings. The van der Waals surface area contributed by atoms with Gasteiger partial charge in [0, 0.05) is 12.6 Å². The molecular formula is C11H21N3. The van der Waals surface area contributed by atoms with E-state index in [1.54, 1.807) is 0 Å². The van der Waals surface area contributed by atoms with Crippen LogP contribution in [0.3, 0.4) is 0 Å². The minimum absolute atomic E-state index is 0.165. The van der Waals surface area contributed by atoms with Crippen molar-refractivity contribution in [1.82, 2.24) is 4.90 Å². The zero-order chi connectivity index (χ0) is 10.6. The lowest BCUT2D eigenvalue weighted by Crippen LogP contribution is -2.27. The average molecular weight is 195 g/mol. The Kier molecular flexibility index (Phi) is 3.91. The summed E-state index contributed by atoms with van der Waals surface area (Å²) in [4.78, 5) is 2.40. The molecule has 0 spiro atoms. The second-order valence-corrected chi connectivity index (χ2v) is 4.95. The standard InChI is InChI=1S/C11H21N3/c1-11(2,9-12)5-3-6-14-7-4-10(13)8-14/h10H,3-8,13H2,1-2H3/t10-/m0/s1. The van der Waals surface area contributed by atoms with Crippen molar-refractivity contribution in [2.45, 2.75) is 39.2 Å². The van der Waals surface area contributed by atoms with Gasteiger partial charge in [-0.05, 0) is 46.2 Å². The average Bonchev–Trinajstić information content (AvgIpc) is 2.51. The molecule has 14 heavy (non-hydrogen) atoms. The summed E-state index contributed by atoms with van der Waals surface area (Å²) in [5.74, 6) is 0. The van der Waals surface area contributed by atoms with Gasteiger partial charge in [0.15, 0.2) is 0 Å². The van der Waals surface area contributed by atoms with E-state index < -0.39 is 0 Å². The zero-order valence-electron chi connectivity index (χ0n) is 9.29. The van der Waals surface area contributed by atoms with Crippen LogP contribution >= 0.6 is 0 Å². The molecule has 0 radical (unpaired) electrons. The van der Waals surface area contributed by atoms with Gasteiger partial charge in [-0.2, -0.15) is 5.26 Å². The quantitative estimate of drug-likeness (QED) is 0.736. The van der Waals surface area contributed by atoms with Gasteiger partial charge in [0.1, 0.15) is 0 Å². The highest BCUT2D eigenvalue weighted by Gasteiger charge is 2.20. The zero-order valence-corrected chi connectivity index (χ0v) is 9.29. The van der Waals surface area contributed by atoms with E-state index in [1.165, 1.54) is 0 Å². The van der Waals surface area contributed by atoms with Gasteiger partial charge in [-0.15, -0.1) is 0 Å². The van der Waals surface area contributed by atoms with Crippen molar-refractivity contribution in [3.63, 3.8) is 0 Å². The van der Waals surface area contributed by atoms with Gasteiger partial charge < -0.3 is 10.6 Å². The Morgan fingerprint density at radius 3 is 2.79 bits per heavy atom. The summed E-state index contributed by atoms with van der Waals surface area (Å²) < 4.78 is 0. The first-order valence-corrected chi connectivity index (χ1v) is 5.43. The van der Waals surface area contributed by atoms with Crippen LogP contribution in [0.15, 0.2) is 0 Å². The first kappa shape index (κ1) is 11.5. The van der Waals surface area contributed by atoms with Gasteiger partial charge in [0.05, 0.1) is 11.5 Å². The second kappa shape index (κ2) is 4.77. The van der Waals surface area contributed by atoms with Crippen molar-refractivity contribution in [2.24, 2.45) is 11.1 Å². The Hall–Kier alpha value is -0.590. The van der Waals surface area contributed by atoms with Crippen LogP contribution in [0.2, 0.25) is 0 Å². The van der Waals surface area contributed by atoms with E-state index in [2.05, 4.69) is 11.0 Å². The van der Waals surface area contributed by atoms with Crippen LogP contribution < -0.4 is 5.73 Å². The number of hydrogen-bond donors (Lipinski definition) is 1. The van der Waals surface area contributed by atoms with Crippen molar-refractivity contribution >= 4 is 0 Å². The van der Waals surface area contributed by atoms with Gasteiger partial charge in [-0.25, -0.2) is 0 Å². The number of hydrogen-bond acceptors (Lipinski definition) is 3. The highest BCUT2D eigenvalue weighted by atomic mass is 15.2. The smallest absolute Gasteiger partial charge is 0.0683 e. The third kappa shape index (κ3) is 3.65. The van der Waals surface area contributed by atoms with Crippen LogP contribution in [0.25, 0.3) is 0 Å². The van der Waals surface area contributed by atoms with E-state index in [9.17, 15) is 0 Å². The molecule has 0 amide bonds. The third-order valence-electron chi connectivity index (χ3n) is 2.89. The number of likely N-dealkylation sites (tertiary alicyclic amines) is 1. The SMILES string of the molecule is CC(C)(C#N)CCCN1CC[C@H](N)C1. The Bertz CT molecular complexity index is 217. The molecule has 0 bridgehead atoms. The fourth-order valence-electron chi connectivity index (χ4n) is 1.87. The molecule has 1 rings (SSSR count). The molecule has 1 atom stereocenters. The van der Waals surface area contributed by atoms with Crippen LogP contribution in [0.5, 0.6) is 0 Å². The molecule has 0 aliphatic carbocycles. The molecule has 0 aromatic heterocycles. The molecule has 1 aliphatic heterocycles. The molecule has 3 heteroatoms. The minimum Gasteiger partial charge on any atom is -0.326 e. The van der Waals surface area contributed by atoms with E-state index in [4.69, 9.17) is 11.0 Å². The van der Waals surface area contributed by atoms with Gasteiger partial charge in [0.25, 0.3) is 0 Å². The number of rotatable bonds is 4. The molecule has 80 valence electrons. The minimum atomic E-state index is -0.165. The second-order valence-electron chi connectivity index (χ2n) is 4.95. The van der Waals surface area contributed by atoms with E-state index in [1.807, 2.05) is 13.8 Å². The molecule has 1 saturated heterocycles. The number of nitriles is 1. The molecule has 0 aromatic carbocycles. The Morgan fingerprint density at radius 2 is 2.29 bits per heavy atom. The number of nitrogens with zero attached hydrogens (tertiary/aromatic N) is 2. The monoisotopic (exact) mass is 195 g/mol. The number of nitrogens with two attached hydrogens (primary N) is 1. The third-order valence-corrected chi connectivity index (χ3v) is 2.89. The summed E-state index contributed by atoms with van der Waals surface area (Å²) in [7, 11) is 0. The van der Waals surface area contributed by atoms with Crippen LogP contribution in [-0.4, -0.2) is 30.6 Å². The lowest BCUT2D eigenvalue weighted by molar-refractivity contribution is 0.303. The first-order chi connectivity index (χ1) is 6.53. The molecular weight excluding hydrogens is 174 g/mol. The fourth-order valence-corrected chi connectivity index (χ4v) is 1.87. The Morgan fingerprint density at radius 1 is 1.57 bits per heavy atom. The summed E-state index contributed by atoms with van der Waals surface area (Å²) in [5.41, 5.74) is 5.65. The molecule has 0 saturated carbocycles. The van der Waals surface area contributed by atoms with Crippen molar-refractivity contribution in [1.29, 1.82) is 5.26 Å². The van der Waals surface area contributed by atoms with Crippen LogP contribution in [-0.2, 0) is 0 Å². The summed E-state index contributed by atoms with van der Waals surface area (Å²) in [6.07, 6.45) is 3.21. The van der Waals surface area contributed by atoms with Gasteiger partial charge in [-0.3, -0.25) is 0 Å².